The molecule has 0 aliphatic carbocycles. The van der Waals surface area contributed by atoms with Crippen LogP contribution in [0.2, 0.25) is 10.0 Å². The van der Waals surface area contributed by atoms with Crippen LogP contribution in [0.5, 0.6) is 11.5 Å². The SMILES string of the molecule is COc1cc(/C=C2/C(=O)NC(=S)N(c3ccccc3)C2=O)cc(Cl)c1OCC(=O)Nc1ccc(C)c(Cl)c1. The number of nitrogens with zero attached hydrogens (tertiary/aromatic N) is 1. The second-order valence-electron chi connectivity index (χ2n) is 8.13. The Labute approximate surface area is 234 Å². The lowest BCUT2D eigenvalue weighted by Gasteiger charge is -2.28. The van der Waals surface area contributed by atoms with Crippen molar-refractivity contribution in [3.05, 3.63) is 87.4 Å². The minimum absolute atomic E-state index is 0.0195. The Morgan fingerprint density at radius 3 is 2.50 bits per heavy atom. The number of para-hydroxylation sites is 1. The highest BCUT2D eigenvalue weighted by Crippen LogP contribution is 2.37. The minimum Gasteiger partial charge on any atom is -0.493 e. The van der Waals surface area contributed by atoms with Crippen molar-refractivity contribution in [2.45, 2.75) is 6.92 Å². The highest BCUT2D eigenvalue weighted by molar-refractivity contribution is 7.80. The normalized spacial score (nSPS) is 14.4. The number of methoxy groups -OCH3 is 1. The molecule has 3 aromatic rings. The molecule has 0 aromatic heterocycles. The van der Waals surface area contributed by atoms with Crippen LogP contribution in [0, 0.1) is 6.92 Å². The number of carbonyl (C=O) groups is 3. The summed E-state index contributed by atoms with van der Waals surface area (Å²) in [5.74, 6) is -1.34. The van der Waals surface area contributed by atoms with E-state index < -0.39 is 17.7 Å². The molecule has 38 heavy (non-hydrogen) atoms. The number of thiocarbonyl (C=S) groups is 1. The Hall–Kier alpha value is -3.92. The molecule has 1 fully saturated rings. The molecule has 0 atom stereocenters. The second-order valence-corrected chi connectivity index (χ2v) is 9.33. The smallest absolute Gasteiger partial charge is 0.270 e. The molecule has 4 rings (SSSR count). The van der Waals surface area contributed by atoms with Crippen molar-refractivity contribution in [1.29, 1.82) is 0 Å². The van der Waals surface area contributed by atoms with Crippen LogP contribution in [-0.4, -0.2) is 36.6 Å². The largest absolute Gasteiger partial charge is 0.493 e. The lowest BCUT2D eigenvalue weighted by atomic mass is 10.1. The molecule has 0 spiro atoms. The fourth-order valence-electron chi connectivity index (χ4n) is 3.60. The summed E-state index contributed by atoms with van der Waals surface area (Å²) >= 11 is 17.7. The van der Waals surface area contributed by atoms with Crippen LogP contribution in [0.15, 0.2) is 66.2 Å². The first-order valence-electron chi connectivity index (χ1n) is 11.2. The lowest BCUT2D eigenvalue weighted by molar-refractivity contribution is -0.122. The molecular formula is C27H21Cl2N3O5S. The maximum Gasteiger partial charge on any atom is 0.270 e. The van der Waals surface area contributed by atoms with E-state index in [1.54, 1.807) is 48.5 Å². The number of rotatable bonds is 7. The highest BCUT2D eigenvalue weighted by atomic mass is 35.5. The zero-order chi connectivity index (χ0) is 27.4. The van der Waals surface area contributed by atoms with E-state index in [1.165, 1.54) is 30.2 Å². The highest BCUT2D eigenvalue weighted by Gasteiger charge is 2.34. The predicted molar refractivity (Wildman–Crippen MR) is 151 cm³/mol. The van der Waals surface area contributed by atoms with E-state index in [9.17, 15) is 14.4 Å². The van der Waals surface area contributed by atoms with Gasteiger partial charge in [-0.15, -0.1) is 0 Å². The fourth-order valence-corrected chi connectivity index (χ4v) is 4.34. The van der Waals surface area contributed by atoms with E-state index in [0.717, 1.165) is 5.56 Å². The van der Waals surface area contributed by atoms with Crippen molar-refractivity contribution in [3.63, 3.8) is 0 Å². The minimum atomic E-state index is -0.643. The zero-order valence-electron chi connectivity index (χ0n) is 20.2. The Morgan fingerprint density at radius 1 is 1.08 bits per heavy atom. The van der Waals surface area contributed by atoms with Crippen LogP contribution in [0.1, 0.15) is 11.1 Å². The Bertz CT molecular complexity index is 1480. The fraction of sp³-hybridized carbons (Fsp3) is 0.111. The van der Waals surface area contributed by atoms with Gasteiger partial charge in [0.2, 0.25) is 0 Å². The molecule has 0 saturated carbocycles. The third-order valence-electron chi connectivity index (χ3n) is 5.48. The number of ether oxygens (including phenoxy) is 2. The first-order valence-corrected chi connectivity index (χ1v) is 12.4. The first kappa shape index (κ1) is 27.1. The molecule has 0 radical (unpaired) electrons. The third kappa shape index (κ3) is 5.96. The van der Waals surface area contributed by atoms with Crippen molar-refractivity contribution in [2.75, 3.05) is 23.9 Å². The molecule has 3 amide bonds. The van der Waals surface area contributed by atoms with Crippen molar-refractivity contribution in [1.82, 2.24) is 5.32 Å². The number of aryl methyl sites for hydroxylation is 1. The summed E-state index contributed by atoms with van der Waals surface area (Å²) < 4.78 is 11.0. The number of hydrogen-bond acceptors (Lipinski definition) is 6. The molecule has 2 N–H and O–H groups in total. The van der Waals surface area contributed by atoms with Crippen LogP contribution < -0.4 is 25.0 Å². The Balaban J connectivity index is 1.54. The van der Waals surface area contributed by atoms with Gasteiger partial charge >= 0.3 is 0 Å². The Morgan fingerprint density at radius 2 is 1.82 bits per heavy atom. The quantitative estimate of drug-likeness (QED) is 0.232. The molecule has 1 aliphatic heterocycles. The lowest BCUT2D eigenvalue weighted by Crippen LogP contribution is -2.54. The molecule has 3 aromatic carbocycles. The van der Waals surface area contributed by atoms with Gasteiger partial charge in [-0.1, -0.05) is 47.5 Å². The predicted octanol–water partition coefficient (Wildman–Crippen LogP) is 5.16. The summed E-state index contributed by atoms with van der Waals surface area (Å²) in [6, 6.07) is 16.9. The maximum absolute atomic E-state index is 13.2. The molecule has 1 saturated heterocycles. The zero-order valence-corrected chi connectivity index (χ0v) is 22.5. The van der Waals surface area contributed by atoms with Gasteiger partial charge < -0.3 is 14.8 Å². The van der Waals surface area contributed by atoms with Gasteiger partial charge in [-0.05, 0) is 72.7 Å². The van der Waals surface area contributed by atoms with Gasteiger partial charge in [-0.2, -0.15) is 0 Å². The molecule has 11 heteroatoms. The van der Waals surface area contributed by atoms with Gasteiger partial charge in [0.25, 0.3) is 17.7 Å². The van der Waals surface area contributed by atoms with Gasteiger partial charge in [-0.3, -0.25) is 24.6 Å². The van der Waals surface area contributed by atoms with Gasteiger partial charge in [0.15, 0.2) is 23.2 Å². The van der Waals surface area contributed by atoms with E-state index >= 15 is 0 Å². The van der Waals surface area contributed by atoms with E-state index in [0.29, 0.717) is 22.0 Å². The summed E-state index contributed by atoms with van der Waals surface area (Å²) in [4.78, 5) is 39.4. The van der Waals surface area contributed by atoms with E-state index in [1.807, 2.05) is 6.92 Å². The van der Waals surface area contributed by atoms with Crippen LogP contribution in [0.25, 0.3) is 6.08 Å². The standard InChI is InChI=1S/C27H21Cl2N3O5S/c1-15-8-9-17(13-20(15)28)30-23(33)14-37-24-21(29)11-16(12-22(24)36-2)10-19-25(34)31-27(38)32(26(19)35)18-6-4-3-5-7-18/h3-13H,14H2,1-2H3,(H,30,33)(H,31,34,38)/b19-10-. The summed E-state index contributed by atoms with van der Waals surface area (Å²) in [5, 5.41) is 5.84. The average Bonchev–Trinajstić information content (AvgIpc) is 2.88. The number of benzene rings is 3. The monoisotopic (exact) mass is 569 g/mol. The molecule has 8 nitrogen and oxygen atoms in total. The van der Waals surface area contributed by atoms with E-state index in [2.05, 4.69) is 10.6 Å². The summed E-state index contributed by atoms with van der Waals surface area (Å²) in [5.41, 5.74) is 2.17. The molecule has 194 valence electrons. The molecule has 1 aliphatic rings. The van der Waals surface area contributed by atoms with Gasteiger partial charge in [0.1, 0.15) is 5.57 Å². The van der Waals surface area contributed by atoms with Crippen molar-refractivity contribution >= 4 is 75.7 Å². The van der Waals surface area contributed by atoms with Crippen molar-refractivity contribution in [3.8, 4) is 11.5 Å². The van der Waals surface area contributed by atoms with Crippen LogP contribution >= 0.6 is 35.4 Å². The van der Waals surface area contributed by atoms with Crippen LogP contribution in [0.4, 0.5) is 11.4 Å². The van der Waals surface area contributed by atoms with Gasteiger partial charge in [0, 0.05) is 10.7 Å². The van der Waals surface area contributed by atoms with E-state index in [4.69, 9.17) is 44.9 Å². The molecule has 0 unspecified atom stereocenters. The average molecular weight is 570 g/mol. The van der Waals surface area contributed by atoms with Crippen molar-refractivity contribution in [2.24, 2.45) is 0 Å². The van der Waals surface area contributed by atoms with Crippen LogP contribution in [-0.2, 0) is 14.4 Å². The first-order chi connectivity index (χ1) is 18.2. The molecule has 1 heterocycles. The number of amides is 3. The topological polar surface area (TPSA) is 97.0 Å². The number of carbonyl (C=O) groups excluding carboxylic acids is 3. The summed E-state index contributed by atoms with van der Waals surface area (Å²) in [6.45, 7) is 1.50. The van der Waals surface area contributed by atoms with E-state index in [-0.39, 0.29) is 33.8 Å². The molecular weight excluding hydrogens is 549 g/mol. The van der Waals surface area contributed by atoms with Crippen molar-refractivity contribution < 1.29 is 23.9 Å². The third-order valence-corrected chi connectivity index (χ3v) is 6.45. The summed E-state index contributed by atoms with van der Waals surface area (Å²) in [6.07, 6.45) is 1.38. The summed E-state index contributed by atoms with van der Waals surface area (Å²) in [7, 11) is 1.40. The number of halogens is 2. The number of anilines is 2. The second kappa shape index (κ2) is 11.6. The van der Waals surface area contributed by atoms with Crippen LogP contribution in [0.3, 0.4) is 0 Å². The molecule has 0 bridgehead atoms. The number of hydrogen-bond donors (Lipinski definition) is 2. The van der Waals surface area contributed by atoms with Gasteiger partial charge in [-0.25, -0.2) is 0 Å². The Kier molecular flexibility index (Phi) is 8.31. The number of nitrogens with one attached hydrogen (secondary N) is 2. The van der Waals surface area contributed by atoms with Gasteiger partial charge in [0.05, 0.1) is 17.8 Å². The maximum atomic E-state index is 13.2.